The number of anilines is 1. The highest BCUT2D eigenvalue weighted by molar-refractivity contribution is 9.10. The van der Waals surface area contributed by atoms with Gasteiger partial charge in [0.25, 0.3) is 0 Å². The van der Waals surface area contributed by atoms with Crippen LogP contribution in [0.5, 0.6) is 0 Å². The molecule has 0 spiro atoms. The van der Waals surface area contributed by atoms with Gasteiger partial charge in [0.2, 0.25) is 0 Å². The zero-order valence-corrected chi connectivity index (χ0v) is 12.1. The van der Waals surface area contributed by atoms with E-state index in [4.69, 9.17) is 16.3 Å². The number of nitrogens with one attached hydrogen (secondary N) is 1. The summed E-state index contributed by atoms with van der Waals surface area (Å²) in [5, 5.41) is 4.28. The monoisotopic (exact) mass is 328 g/mol. The van der Waals surface area contributed by atoms with Crippen LogP contribution in [-0.4, -0.2) is 25.1 Å². The Morgan fingerprint density at radius 1 is 1.50 bits per heavy atom. The normalized spacial score (nSPS) is 10.4. The molecule has 0 amide bonds. The molecule has 0 aliphatic carbocycles. The zero-order chi connectivity index (χ0) is 13.3. The molecular weight excluding hydrogens is 320 g/mol. The fraction of sp³-hybridized carbons (Fsp3) is 0.167. The molecule has 0 radical (unpaired) electrons. The Kier molecular flexibility index (Phi) is 3.73. The van der Waals surface area contributed by atoms with Crippen LogP contribution in [0.2, 0.25) is 5.02 Å². The number of esters is 1. The second-order valence-corrected chi connectivity index (χ2v) is 4.80. The van der Waals surface area contributed by atoms with E-state index in [2.05, 4.69) is 26.2 Å². The minimum Gasteiger partial charge on any atom is -0.465 e. The number of fused-ring (bicyclic) bond motifs is 1. The molecule has 0 atom stereocenters. The van der Waals surface area contributed by atoms with Gasteiger partial charge in [0.05, 0.1) is 23.3 Å². The maximum absolute atomic E-state index is 11.7. The summed E-state index contributed by atoms with van der Waals surface area (Å²) in [6.45, 7) is 0. The molecule has 1 N–H and O–H groups in total. The molecule has 1 heterocycles. The standard InChI is InChI=1S/C12H10BrClN2O2/c1-15-10-6(12(17)18-2)5-16-11-8(14)4-3-7(13)9(10)11/h3-5H,1-2H3,(H,15,16). The van der Waals surface area contributed by atoms with Crippen LogP contribution in [0.3, 0.4) is 0 Å². The maximum Gasteiger partial charge on any atom is 0.341 e. The average molecular weight is 330 g/mol. The van der Waals surface area contributed by atoms with Gasteiger partial charge in [-0.3, -0.25) is 4.98 Å². The van der Waals surface area contributed by atoms with Crippen molar-refractivity contribution in [1.82, 2.24) is 4.98 Å². The van der Waals surface area contributed by atoms with Gasteiger partial charge >= 0.3 is 5.97 Å². The third-order valence-corrected chi connectivity index (χ3v) is 3.54. The summed E-state index contributed by atoms with van der Waals surface area (Å²) >= 11 is 9.53. The fourth-order valence-corrected chi connectivity index (χ4v) is 2.48. The van der Waals surface area contributed by atoms with Gasteiger partial charge in [0, 0.05) is 23.1 Å². The molecule has 0 saturated carbocycles. The molecule has 6 heteroatoms. The first-order chi connectivity index (χ1) is 8.60. The van der Waals surface area contributed by atoms with Crippen LogP contribution in [0.25, 0.3) is 10.9 Å². The smallest absolute Gasteiger partial charge is 0.341 e. The number of hydrogen-bond acceptors (Lipinski definition) is 4. The van der Waals surface area contributed by atoms with Crippen molar-refractivity contribution in [3.8, 4) is 0 Å². The Labute approximate surface area is 117 Å². The number of rotatable bonds is 2. The number of halogens is 2. The second-order valence-electron chi connectivity index (χ2n) is 3.54. The van der Waals surface area contributed by atoms with E-state index in [0.717, 1.165) is 9.86 Å². The number of methoxy groups -OCH3 is 1. The van der Waals surface area contributed by atoms with Gasteiger partial charge in [-0.1, -0.05) is 27.5 Å². The summed E-state index contributed by atoms with van der Waals surface area (Å²) in [4.78, 5) is 15.9. The van der Waals surface area contributed by atoms with E-state index in [1.54, 1.807) is 13.1 Å². The van der Waals surface area contributed by atoms with Gasteiger partial charge in [-0.2, -0.15) is 0 Å². The third kappa shape index (κ3) is 2.04. The predicted octanol–water partition coefficient (Wildman–Crippen LogP) is 3.48. The van der Waals surface area contributed by atoms with E-state index >= 15 is 0 Å². The van der Waals surface area contributed by atoms with E-state index in [1.165, 1.54) is 13.3 Å². The Morgan fingerprint density at radius 3 is 2.83 bits per heavy atom. The maximum atomic E-state index is 11.7. The van der Waals surface area contributed by atoms with Crippen molar-refractivity contribution in [3.63, 3.8) is 0 Å². The molecule has 1 aromatic heterocycles. The third-order valence-electron chi connectivity index (χ3n) is 2.58. The Morgan fingerprint density at radius 2 is 2.22 bits per heavy atom. The van der Waals surface area contributed by atoms with Crippen LogP contribution >= 0.6 is 27.5 Å². The van der Waals surface area contributed by atoms with Crippen LogP contribution < -0.4 is 5.32 Å². The highest BCUT2D eigenvalue weighted by atomic mass is 79.9. The molecule has 2 rings (SSSR count). The topological polar surface area (TPSA) is 51.2 Å². The first kappa shape index (κ1) is 13.1. The number of benzene rings is 1. The van der Waals surface area contributed by atoms with Crippen molar-refractivity contribution in [2.24, 2.45) is 0 Å². The lowest BCUT2D eigenvalue weighted by Gasteiger charge is -2.12. The van der Waals surface area contributed by atoms with E-state index in [1.807, 2.05) is 6.07 Å². The first-order valence-corrected chi connectivity index (χ1v) is 6.30. The van der Waals surface area contributed by atoms with E-state index in [9.17, 15) is 4.79 Å². The fourth-order valence-electron chi connectivity index (χ4n) is 1.76. The molecule has 18 heavy (non-hydrogen) atoms. The van der Waals surface area contributed by atoms with Crippen molar-refractivity contribution in [2.75, 3.05) is 19.5 Å². The number of carbonyl (C=O) groups excluding carboxylic acids is 1. The molecular formula is C12H10BrClN2O2. The Hall–Kier alpha value is -1.33. The van der Waals surface area contributed by atoms with Crippen molar-refractivity contribution >= 4 is 50.1 Å². The zero-order valence-electron chi connectivity index (χ0n) is 9.75. The van der Waals surface area contributed by atoms with Crippen LogP contribution in [0.1, 0.15) is 10.4 Å². The molecule has 94 valence electrons. The predicted molar refractivity (Wildman–Crippen MR) is 75.3 cm³/mol. The minimum absolute atomic E-state index is 0.371. The second kappa shape index (κ2) is 5.12. The quantitative estimate of drug-likeness (QED) is 0.857. The number of carbonyl (C=O) groups is 1. The van der Waals surface area contributed by atoms with Gasteiger partial charge in [-0.05, 0) is 12.1 Å². The van der Waals surface area contributed by atoms with Gasteiger partial charge < -0.3 is 10.1 Å². The number of aromatic nitrogens is 1. The number of pyridine rings is 1. The van der Waals surface area contributed by atoms with E-state index in [-0.39, 0.29) is 0 Å². The summed E-state index contributed by atoms with van der Waals surface area (Å²) in [6.07, 6.45) is 1.46. The van der Waals surface area contributed by atoms with Crippen molar-refractivity contribution < 1.29 is 9.53 Å². The van der Waals surface area contributed by atoms with E-state index < -0.39 is 5.97 Å². The molecule has 4 nitrogen and oxygen atoms in total. The van der Waals surface area contributed by atoms with Gasteiger partial charge in [-0.15, -0.1) is 0 Å². The van der Waals surface area contributed by atoms with Crippen LogP contribution in [0.4, 0.5) is 5.69 Å². The Bertz CT molecular complexity index is 631. The molecule has 0 aliphatic heterocycles. The van der Waals surface area contributed by atoms with Crippen molar-refractivity contribution in [1.29, 1.82) is 0 Å². The van der Waals surface area contributed by atoms with Gasteiger partial charge in [-0.25, -0.2) is 4.79 Å². The molecule has 0 unspecified atom stereocenters. The molecule has 0 saturated heterocycles. The summed E-state index contributed by atoms with van der Waals surface area (Å²) in [5.41, 5.74) is 1.64. The van der Waals surface area contributed by atoms with Gasteiger partial charge in [0.15, 0.2) is 0 Å². The Balaban J connectivity index is 2.87. The summed E-state index contributed by atoms with van der Waals surface area (Å²) in [5.74, 6) is -0.444. The van der Waals surface area contributed by atoms with Crippen molar-refractivity contribution in [3.05, 3.63) is 33.4 Å². The number of ether oxygens (including phenoxy) is 1. The highest BCUT2D eigenvalue weighted by Gasteiger charge is 2.17. The highest BCUT2D eigenvalue weighted by Crippen LogP contribution is 2.35. The van der Waals surface area contributed by atoms with Crippen LogP contribution in [0, 0.1) is 0 Å². The average Bonchev–Trinajstić information content (AvgIpc) is 2.40. The molecule has 0 bridgehead atoms. The lowest BCUT2D eigenvalue weighted by Crippen LogP contribution is -2.07. The molecule has 2 aromatic rings. The van der Waals surface area contributed by atoms with E-state index in [0.29, 0.717) is 21.8 Å². The summed E-state index contributed by atoms with van der Waals surface area (Å²) in [6, 6.07) is 3.56. The lowest BCUT2D eigenvalue weighted by molar-refractivity contribution is 0.0601. The SMILES string of the molecule is CNc1c(C(=O)OC)cnc2c(Cl)ccc(Br)c12. The van der Waals surface area contributed by atoms with Crippen LogP contribution in [0.15, 0.2) is 22.8 Å². The molecule has 0 fully saturated rings. The number of hydrogen-bond donors (Lipinski definition) is 1. The summed E-state index contributed by atoms with van der Waals surface area (Å²) < 4.78 is 5.54. The lowest BCUT2D eigenvalue weighted by atomic mass is 10.1. The largest absolute Gasteiger partial charge is 0.465 e. The van der Waals surface area contributed by atoms with Crippen molar-refractivity contribution in [2.45, 2.75) is 0 Å². The number of nitrogens with zero attached hydrogens (tertiary/aromatic N) is 1. The first-order valence-electron chi connectivity index (χ1n) is 5.13. The van der Waals surface area contributed by atoms with Crippen LogP contribution in [-0.2, 0) is 4.74 Å². The van der Waals surface area contributed by atoms with Gasteiger partial charge in [0.1, 0.15) is 5.56 Å². The molecule has 0 aliphatic rings. The summed E-state index contributed by atoms with van der Waals surface area (Å²) in [7, 11) is 3.06. The molecule has 1 aromatic carbocycles. The minimum atomic E-state index is -0.444.